The number of fused-ring (bicyclic) bond motifs is 1. The van der Waals surface area contributed by atoms with Crippen molar-refractivity contribution < 1.29 is 13.2 Å². The highest BCUT2D eigenvalue weighted by Gasteiger charge is 2.32. The fourth-order valence-electron chi connectivity index (χ4n) is 5.52. The van der Waals surface area contributed by atoms with E-state index in [1.54, 1.807) is 39.9 Å². The van der Waals surface area contributed by atoms with Crippen LogP contribution in [0.1, 0.15) is 55.5 Å². The first kappa shape index (κ1) is 28.0. The fraction of sp³-hybridized carbons (Fsp3) is 0.517. The molecule has 0 radical (unpaired) electrons. The SMILES string of the molecule is CCc1ccc2nc(N3CCN(CCNC(=O)c4ccc(S(=O)(=O)N5CCCCC5CC)cc4)CC3)sc2c1. The number of nitrogens with one attached hydrogen (secondary N) is 1. The maximum absolute atomic E-state index is 13.2. The number of carbonyl (C=O) groups excluding carboxylic acids is 1. The third-order valence-electron chi connectivity index (χ3n) is 7.97. The molecule has 0 spiro atoms. The van der Waals surface area contributed by atoms with Crippen LogP contribution in [0.25, 0.3) is 10.2 Å². The van der Waals surface area contributed by atoms with Gasteiger partial charge in [0.1, 0.15) is 0 Å². The van der Waals surface area contributed by atoms with Crippen molar-refractivity contribution in [2.24, 2.45) is 0 Å². The molecule has 2 aliphatic rings. The van der Waals surface area contributed by atoms with Gasteiger partial charge in [-0.1, -0.05) is 37.7 Å². The van der Waals surface area contributed by atoms with E-state index in [-0.39, 0.29) is 16.8 Å². The van der Waals surface area contributed by atoms with Gasteiger partial charge in [0.25, 0.3) is 5.91 Å². The van der Waals surface area contributed by atoms with E-state index in [1.165, 1.54) is 10.3 Å². The Bertz CT molecular complexity index is 1380. The van der Waals surface area contributed by atoms with Crippen LogP contribution < -0.4 is 10.2 Å². The maximum atomic E-state index is 13.2. The molecule has 1 unspecified atom stereocenters. The summed E-state index contributed by atoms with van der Waals surface area (Å²) >= 11 is 1.76. The van der Waals surface area contributed by atoms with Gasteiger partial charge in [-0.2, -0.15) is 4.31 Å². The Morgan fingerprint density at radius 3 is 2.51 bits per heavy atom. The normalized spacial score (nSPS) is 19.4. The van der Waals surface area contributed by atoms with Gasteiger partial charge in [0, 0.05) is 57.4 Å². The highest BCUT2D eigenvalue weighted by atomic mass is 32.2. The molecule has 2 saturated heterocycles. The van der Waals surface area contributed by atoms with E-state index in [9.17, 15) is 13.2 Å². The van der Waals surface area contributed by atoms with E-state index >= 15 is 0 Å². The lowest BCUT2D eigenvalue weighted by molar-refractivity contribution is 0.0947. The highest BCUT2D eigenvalue weighted by molar-refractivity contribution is 7.89. The average Bonchev–Trinajstić information content (AvgIpc) is 3.41. The standard InChI is InChI=1S/C29H39N5O3S2/c1-3-22-8-13-26-27(21-22)38-29(31-26)33-19-17-32(18-20-33)16-14-30-28(35)23-9-11-25(12-10-23)39(36,37)34-15-6-5-7-24(34)4-2/h8-13,21,24H,3-7,14-20H2,1-2H3,(H,30,35). The number of aromatic nitrogens is 1. The van der Waals surface area contributed by atoms with Crippen LogP contribution in [0.2, 0.25) is 0 Å². The number of hydrogen-bond donors (Lipinski definition) is 1. The van der Waals surface area contributed by atoms with E-state index in [0.29, 0.717) is 18.7 Å². The Kier molecular flexibility index (Phi) is 8.86. The van der Waals surface area contributed by atoms with Gasteiger partial charge >= 0.3 is 0 Å². The number of piperidine rings is 1. The van der Waals surface area contributed by atoms with Crippen molar-refractivity contribution in [2.45, 2.75) is 56.9 Å². The smallest absolute Gasteiger partial charge is 0.251 e. The van der Waals surface area contributed by atoms with E-state index in [4.69, 9.17) is 4.98 Å². The van der Waals surface area contributed by atoms with Crippen LogP contribution in [-0.4, -0.2) is 80.4 Å². The van der Waals surface area contributed by atoms with E-state index in [1.807, 2.05) is 6.92 Å². The minimum Gasteiger partial charge on any atom is -0.351 e. The van der Waals surface area contributed by atoms with Gasteiger partial charge in [-0.15, -0.1) is 0 Å². The van der Waals surface area contributed by atoms with Gasteiger partial charge in [0.2, 0.25) is 10.0 Å². The number of thiazole rings is 1. The molecule has 1 N–H and O–H groups in total. The van der Waals surface area contributed by atoms with Crippen LogP contribution in [0.4, 0.5) is 5.13 Å². The second-order valence-corrected chi connectivity index (χ2v) is 13.3. The topological polar surface area (TPSA) is 85.9 Å². The van der Waals surface area contributed by atoms with Gasteiger partial charge in [0.15, 0.2) is 5.13 Å². The summed E-state index contributed by atoms with van der Waals surface area (Å²) in [5.74, 6) is -0.178. The molecule has 1 aromatic heterocycles. The van der Waals surface area contributed by atoms with Crippen LogP contribution in [0.3, 0.4) is 0 Å². The predicted octanol–water partition coefficient (Wildman–Crippen LogP) is 4.36. The first-order valence-corrected chi connectivity index (χ1v) is 16.4. The number of aryl methyl sites for hydroxylation is 1. The second-order valence-electron chi connectivity index (χ2n) is 10.4. The summed E-state index contributed by atoms with van der Waals surface area (Å²) in [4.78, 5) is 22.5. The molecule has 10 heteroatoms. The largest absolute Gasteiger partial charge is 0.351 e. The van der Waals surface area contributed by atoms with Gasteiger partial charge in [-0.3, -0.25) is 9.69 Å². The van der Waals surface area contributed by atoms with Crippen molar-refractivity contribution in [3.05, 3.63) is 53.6 Å². The van der Waals surface area contributed by atoms with E-state index < -0.39 is 10.0 Å². The molecule has 8 nitrogen and oxygen atoms in total. The third kappa shape index (κ3) is 6.29. The molecule has 3 aromatic rings. The van der Waals surface area contributed by atoms with Crippen LogP contribution in [0.15, 0.2) is 47.4 Å². The molecule has 2 aromatic carbocycles. The molecule has 39 heavy (non-hydrogen) atoms. The molecule has 3 heterocycles. The summed E-state index contributed by atoms with van der Waals surface area (Å²) in [7, 11) is -3.55. The van der Waals surface area contributed by atoms with Crippen molar-refractivity contribution in [3.8, 4) is 0 Å². The minimum absolute atomic E-state index is 0.0591. The van der Waals surface area contributed by atoms with Crippen molar-refractivity contribution in [2.75, 3.05) is 50.7 Å². The Morgan fingerprint density at radius 1 is 1.03 bits per heavy atom. The third-order valence-corrected chi connectivity index (χ3v) is 11.0. The maximum Gasteiger partial charge on any atom is 0.251 e. The predicted molar refractivity (Wildman–Crippen MR) is 158 cm³/mol. The van der Waals surface area contributed by atoms with E-state index in [0.717, 1.165) is 75.5 Å². The number of nitrogens with zero attached hydrogens (tertiary/aromatic N) is 4. The molecular formula is C29H39N5O3S2. The Hall–Kier alpha value is -2.53. The zero-order valence-corrected chi connectivity index (χ0v) is 24.6. The van der Waals surface area contributed by atoms with E-state index in [2.05, 4.69) is 40.2 Å². The number of hydrogen-bond acceptors (Lipinski definition) is 7. The molecule has 210 valence electrons. The van der Waals surface area contributed by atoms with Crippen molar-refractivity contribution in [3.63, 3.8) is 0 Å². The quantitative estimate of drug-likeness (QED) is 0.412. The summed E-state index contributed by atoms with van der Waals surface area (Å²) in [5, 5.41) is 4.08. The van der Waals surface area contributed by atoms with Crippen LogP contribution in [0, 0.1) is 0 Å². The summed E-state index contributed by atoms with van der Waals surface area (Å²) in [6.07, 6.45) is 4.72. The molecule has 2 fully saturated rings. The number of anilines is 1. The molecule has 1 amide bonds. The number of sulfonamides is 1. The lowest BCUT2D eigenvalue weighted by Crippen LogP contribution is -2.48. The van der Waals surface area contributed by atoms with Crippen molar-refractivity contribution in [1.82, 2.24) is 19.5 Å². The minimum atomic E-state index is -3.55. The fourth-order valence-corrected chi connectivity index (χ4v) is 8.36. The number of rotatable bonds is 9. The second kappa shape index (κ2) is 12.3. The number of carbonyl (C=O) groups is 1. The average molecular weight is 570 g/mol. The Balaban J connectivity index is 1.09. The number of benzene rings is 2. The monoisotopic (exact) mass is 569 g/mol. The number of piperazine rings is 1. The first-order valence-electron chi connectivity index (χ1n) is 14.2. The van der Waals surface area contributed by atoms with Gasteiger partial charge in [-0.25, -0.2) is 13.4 Å². The lowest BCUT2D eigenvalue weighted by Gasteiger charge is -2.34. The van der Waals surface area contributed by atoms with Crippen molar-refractivity contribution in [1.29, 1.82) is 0 Å². The summed E-state index contributed by atoms with van der Waals surface area (Å²) in [5.41, 5.74) is 2.89. The van der Waals surface area contributed by atoms with Gasteiger partial charge < -0.3 is 10.2 Å². The van der Waals surface area contributed by atoms with Crippen LogP contribution >= 0.6 is 11.3 Å². The Labute approximate surface area is 236 Å². The summed E-state index contributed by atoms with van der Waals surface area (Å²) in [6.45, 7) is 9.78. The molecule has 0 saturated carbocycles. The molecule has 0 aliphatic carbocycles. The van der Waals surface area contributed by atoms with Crippen LogP contribution in [0.5, 0.6) is 0 Å². The molecule has 5 rings (SSSR count). The molecule has 0 bridgehead atoms. The Morgan fingerprint density at radius 2 is 1.79 bits per heavy atom. The van der Waals surface area contributed by atoms with Gasteiger partial charge in [0.05, 0.1) is 15.1 Å². The zero-order chi connectivity index (χ0) is 27.4. The van der Waals surface area contributed by atoms with Crippen molar-refractivity contribution >= 4 is 42.6 Å². The molecular weight excluding hydrogens is 530 g/mol. The number of amides is 1. The summed E-state index contributed by atoms with van der Waals surface area (Å²) < 4.78 is 29.3. The first-order chi connectivity index (χ1) is 18.9. The van der Waals surface area contributed by atoms with Crippen LogP contribution in [-0.2, 0) is 16.4 Å². The molecule has 1 atom stereocenters. The van der Waals surface area contributed by atoms with Gasteiger partial charge in [-0.05, 0) is 67.6 Å². The molecule has 2 aliphatic heterocycles. The highest BCUT2D eigenvalue weighted by Crippen LogP contribution is 2.30. The summed E-state index contributed by atoms with van der Waals surface area (Å²) in [6, 6.07) is 13.0. The lowest BCUT2D eigenvalue weighted by atomic mass is 10.0. The zero-order valence-electron chi connectivity index (χ0n) is 22.9.